The minimum absolute atomic E-state index is 0.00748. The Hall–Kier alpha value is -3.16. The Labute approximate surface area is 153 Å². The molecule has 2 aliphatic rings. The molecule has 1 N–H and O–H groups in total. The second-order valence-electron chi connectivity index (χ2n) is 6.45. The van der Waals surface area contributed by atoms with Crippen LogP contribution >= 0.6 is 0 Å². The minimum atomic E-state index is -0.857. The van der Waals surface area contributed by atoms with E-state index in [1.165, 1.54) is 6.07 Å². The van der Waals surface area contributed by atoms with Crippen molar-refractivity contribution >= 4 is 17.5 Å². The van der Waals surface area contributed by atoms with Crippen molar-refractivity contribution in [3.8, 4) is 11.5 Å². The Balaban J connectivity index is 1.42. The van der Waals surface area contributed by atoms with Gasteiger partial charge in [-0.2, -0.15) is 0 Å². The molecule has 2 amide bonds. The number of hydrogen-bond acceptors (Lipinski definition) is 4. The normalized spacial score (nSPS) is 18.1. The summed E-state index contributed by atoms with van der Waals surface area (Å²) in [6.45, 7) is 0.652. The van der Waals surface area contributed by atoms with Crippen molar-refractivity contribution in [3.05, 3.63) is 53.6 Å². The van der Waals surface area contributed by atoms with E-state index in [1.54, 1.807) is 17.0 Å². The molecule has 2 heterocycles. The standard InChI is InChI=1S/C19H16F2N2O4/c20-13-2-1-3-14(21)18(13)22-19(25)12-7-17(24)23(9-12)8-11-4-5-15-16(6-11)27-10-26-15/h1-6,12H,7-10H2,(H,22,25). The number of ether oxygens (including phenoxy) is 2. The second-order valence-corrected chi connectivity index (χ2v) is 6.45. The smallest absolute Gasteiger partial charge is 0.231 e. The highest BCUT2D eigenvalue weighted by Gasteiger charge is 2.35. The number of para-hydroxylation sites is 1. The average Bonchev–Trinajstić information content (AvgIpc) is 3.25. The number of fused-ring (bicyclic) bond motifs is 1. The first-order valence-electron chi connectivity index (χ1n) is 8.42. The predicted octanol–water partition coefficient (Wildman–Crippen LogP) is 2.68. The molecule has 4 rings (SSSR count). The third kappa shape index (κ3) is 3.42. The Morgan fingerprint density at radius 2 is 1.89 bits per heavy atom. The molecule has 1 atom stereocenters. The second kappa shape index (κ2) is 6.86. The number of carbonyl (C=O) groups excluding carboxylic acids is 2. The van der Waals surface area contributed by atoms with Gasteiger partial charge in [-0.05, 0) is 29.8 Å². The average molecular weight is 374 g/mol. The number of nitrogens with zero attached hydrogens (tertiary/aromatic N) is 1. The Bertz CT molecular complexity index is 898. The van der Waals surface area contributed by atoms with E-state index in [-0.39, 0.29) is 25.7 Å². The summed E-state index contributed by atoms with van der Waals surface area (Å²) in [5.74, 6) is -1.90. The molecule has 8 heteroatoms. The van der Waals surface area contributed by atoms with Crippen LogP contribution in [0.25, 0.3) is 0 Å². The molecule has 0 radical (unpaired) electrons. The Morgan fingerprint density at radius 3 is 2.67 bits per heavy atom. The van der Waals surface area contributed by atoms with Crippen LogP contribution in [0, 0.1) is 17.6 Å². The molecule has 140 valence electrons. The zero-order valence-corrected chi connectivity index (χ0v) is 14.2. The van der Waals surface area contributed by atoms with Gasteiger partial charge in [0.15, 0.2) is 11.5 Å². The summed E-state index contributed by atoms with van der Waals surface area (Å²) >= 11 is 0. The molecule has 0 bridgehead atoms. The SMILES string of the molecule is O=C(Nc1c(F)cccc1F)C1CC(=O)N(Cc2ccc3c(c2)OCO3)C1. The molecular formula is C19H16F2N2O4. The number of halogens is 2. The van der Waals surface area contributed by atoms with Gasteiger partial charge in [0, 0.05) is 19.5 Å². The highest BCUT2D eigenvalue weighted by atomic mass is 19.1. The van der Waals surface area contributed by atoms with Gasteiger partial charge < -0.3 is 19.7 Å². The fourth-order valence-corrected chi connectivity index (χ4v) is 3.20. The van der Waals surface area contributed by atoms with Crippen LogP contribution in [-0.4, -0.2) is 30.1 Å². The van der Waals surface area contributed by atoms with E-state index in [1.807, 2.05) is 6.07 Å². The molecule has 2 aromatic rings. The number of rotatable bonds is 4. The fourth-order valence-electron chi connectivity index (χ4n) is 3.20. The molecule has 2 aromatic carbocycles. The summed E-state index contributed by atoms with van der Waals surface area (Å²) < 4.78 is 38.0. The van der Waals surface area contributed by atoms with E-state index < -0.39 is 29.1 Å². The molecule has 1 fully saturated rings. The van der Waals surface area contributed by atoms with Crippen molar-refractivity contribution < 1.29 is 27.8 Å². The van der Waals surface area contributed by atoms with Crippen LogP contribution in [0.15, 0.2) is 36.4 Å². The first kappa shape index (κ1) is 17.3. The maximum absolute atomic E-state index is 13.7. The van der Waals surface area contributed by atoms with Gasteiger partial charge in [-0.1, -0.05) is 12.1 Å². The fraction of sp³-hybridized carbons (Fsp3) is 0.263. The van der Waals surface area contributed by atoms with Crippen molar-refractivity contribution in [2.24, 2.45) is 5.92 Å². The van der Waals surface area contributed by atoms with Crippen LogP contribution in [0.1, 0.15) is 12.0 Å². The number of nitrogens with one attached hydrogen (secondary N) is 1. The van der Waals surface area contributed by atoms with Gasteiger partial charge in [-0.15, -0.1) is 0 Å². The third-order valence-electron chi connectivity index (χ3n) is 4.61. The summed E-state index contributed by atoms with van der Waals surface area (Å²) in [4.78, 5) is 26.2. The molecule has 0 saturated carbocycles. The summed E-state index contributed by atoms with van der Waals surface area (Å²) in [6, 6.07) is 8.71. The maximum Gasteiger partial charge on any atom is 0.231 e. The van der Waals surface area contributed by atoms with E-state index >= 15 is 0 Å². The molecule has 27 heavy (non-hydrogen) atoms. The van der Waals surface area contributed by atoms with Crippen LogP contribution in [0.2, 0.25) is 0 Å². The van der Waals surface area contributed by atoms with Crippen molar-refractivity contribution in [3.63, 3.8) is 0 Å². The highest BCUT2D eigenvalue weighted by Crippen LogP contribution is 2.33. The number of benzene rings is 2. The molecule has 2 aliphatic heterocycles. The van der Waals surface area contributed by atoms with Crippen molar-refractivity contribution in [2.75, 3.05) is 18.7 Å². The minimum Gasteiger partial charge on any atom is -0.454 e. The Kier molecular flexibility index (Phi) is 4.39. The monoisotopic (exact) mass is 374 g/mol. The lowest BCUT2D eigenvalue weighted by atomic mass is 10.1. The first-order chi connectivity index (χ1) is 13.0. The molecule has 0 spiro atoms. The summed E-state index contributed by atoms with van der Waals surface area (Å²) in [6.07, 6.45) is -0.00748. The van der Waals surface area contributed by atoms with Gasteiger partial charge in [0.05, 0.1) is 5.92 Å². The van der Waals surface area contributed by atoms with Gasteiger partial charge in [0.25, 0.3) is 0 Å². The van der Waals surface area contributed by atoms with Gasteiger partial charge in [-0.25, -0.2) is 8.78 Å². The van der Waals surface area contributed by atoms with Crippen LogP contribution in [0.5, 0.6) is 11.5 Å². The van der Waals surface area contributed by atoms with Gasteiger partial charge in [0.1, 0.15) is 17.3 Å². The summed E-state index contributed by atoms with van der Waals surface area (Å²) in [5.41, 5.74) is 0.345. The number of carbonyl (C=O) groups is 2. The molecule has 1 unspecified atom stereocenters. The van der Waals surface area contributed by atoms with Crippen LogP contribution in [0.4, 0.5) is 14.5 Å². The number of likely N-dealkylation sites (tertiary alicyclic amines) is 1. The van der Waals surface area contributed by atoms with Gasteiger partial charge in [-0.3, -0.25) is 9.59 Å². The molecule has 0 aromatic heterocycles. The summed E-state index contributed by atoms with van der Waals surface area (Å²) in [7, 11) is 0. The zero-order valence-electron chi connectivity index (χ0n) is 14.2. The van der Waals surface area contributed by atoms with Gasteiger partial charge in [0.2, 0.25) is 18.6 Å². The largest absolute Gasteiger partial charge is 0.454 e. The van der Waals surface area contributed by atoms with E-state index in [9.17, 15) is 18.4 Å². The van der Waals surface area contributed by atoms with E-state index in [0.29, 0.717) is 18.0 Å². The lowest BCUT2D eigenvalue weighted by Crippen LogP contribution is -2.28. The first-order valence-corrected chi connectivity index (χ1v) is 8.42. The quantitative estimate of drug-likeness (QED) is 0.894. The number of amides is 2. The van der Waals surface area contributed by atoms with E-state index in [2.05, 4.69) is 5.32 Å². The van der Waals surface area contributed by atoms with E-state index in [0.717, 1.165) is 17.7 Å². The maximum atomic E-state index is 13.7. The lowest BCUT2D eigenvalue weighted by molar-refractivity contribution is -0.128. The summed E-state index contributed by atoms with van der Waals surface area (Å²) in [5, 5.41) is 2.26. The highest BCUT2D eigenvalue weighted by molar-refractivity contribution is 5.97. The predicted molar refractivity (Wildman–Crippen MR) is 91.1 cm³/mol. The molecule has 1 saturated heterocycles. The number of hydrogen-bond donors (Lipinski definition) is 1. The molecule has 0 aliphatic carbocycles. The lowest BCUT2D eigenvalue weighted by Gasteiger charge is -2.17. The van der Waals surface area contributed by atoms with E-state index in [4.69, 9.17) is 9.47 Å². The Morgan fingerprint density at radius 1 is 1.15 bits per heavy atom. The van der Waals surface area contributed by atoms with Crippen LogP contribution < -0.4 is 14.8 Å². The van der Waals surface area contributed by atoms with Crippen LogP contribution in [-0.2, 0) is 16.1 Å². The van der Waals surface area contributed by atoms with Gasteiger partial charge >= 0.3 is 0 Å². The number of anilines is 1. The molecule has 6 nitrogen and oxygen atoms in total. The van der Waals surface area contributed by atoms with Crippen LogP contribution in [0.3, 0.4) is 0 Å². The van der Waals surface area contributed by atoms with Crippen molar-refractivity contribution in [2.45, 2.75) is 13.0 Å². The molecular weight excluding hydrogens is 358 g/mol. The topological polar surface area (TPSA) is 67.9 Å². The van der Waals surface area contributed by atoms with Crippen molar-refractivity contribution in [1.29, 1.82) is 0 Å². The zero-order chi connectivity index (χ0) is 19.0. The van der Waals surface area contributed by atoms with Crippen molar-refractivity contribution in [1.82, 2.24) is 4.90 Å². The third-order valence-corrected chi connectivity index (χ3v) is 4.61.